The maximum Gasteiger partial charge on any atom is 0.396 e. The van der Waals surface area contributed by atoms with Crippen LogP contribution in [0.25, 0.3) is 17.0 Å². The summed E-state index contributed by atoms with van der Waals surface area (Å²) in [5, 5.41) is 15.5. The standard InChI is InChI=1S/C17H16ClN5O4/c1-2-26-17(25)16(24)19-9-10-27-14-8-7-13-20-21-15(23(13)22-14)11-5-3-4-6-12(11)18/h3-8H,2,9-10H2,1H3,(H,19,24). The molecule has 9 nitrogen and oxygen atoms in total. The van der Waals surface area contributed by atoms with Gasteiger partial charge in [-0.3, -0.25) is 4.79 Å². The molecule has 10 heteroatoms. The summed E-state index contributed by atoms with van der Waals surface area (Å²) in [4.78, 5) is 22.6. The van der Waals surface area contributed by atoms with Crippen LogP contribution in [0.1, 0.15) is 6.92 Å². The van der Waals surface area contributed by atoms with Gasteiger partial charge in [0.1, 0.15) is 6.61 Å². The lowest BCUT2D eigenvalue weighted by Crippen LogP contribution is -2.35. The lowest BCUT2D eigenvalue weighted by atomic mass is 10.2. The van der Waals surface area contributed by atoms with Gasteiger partial charge in [-0.25, -0.2) is 4.79 Å². The number of halogens is 1. The molecule has 0 fully saturated rings. The van der Waals surface area contributed by atoms with Crippen molar-refractivity contribution < 1.29 is 19.1 Å². The summed E-state index contributed by atoms with van der Waals surface area (Å²) in [5.74, 6) is -0.952. The summed E-state index contributed by atoms with van der Waals surface area (Å²) in [6.07, 6.45) is 0. The minimum Gasteiger partial charge on any atom is -0.475 e. The number of fused-ring (bicyclic) bond motifs is 1. The average Bonchev–Trinajstić information content (AvgIpc) is 3.08. The molecule has 1 aromatic carbocycles. The maximum absolute atomic E-state index is 11.4. The normalized spacial score (nSPS) is 10.6. The molecule has 0 aliphatic heterocycles. The summed E-state index contributed by atoms with van der Waals surface area (Å²) in [6.45, 7) is 2.00. The Morgan fingerprint density at radius 3 is 2.78 bits per heavy atom. The third-order valence-corrected chi connectivity index (χ3v) is 3.78. The zero-order valence-electron chi connectivity index (χ0n) is 14.4. The number of carbonyl (C=O) groups excluding carboxylic acids is 2. The molecule has 0 aliphatic carbocycles. The van der Waals surface area contributed by atoms with E-state index in [9.17, 15) is 9.59 Å². The molecule has 0 aliphatic rings. The fourth-order valence-electron chi connectivity index (χ4n) is 2.25. The molecule has 140 valence electrons. The van der Waals surface area contributed by atoms with Gasteiger partial charge in [0.25, 0.3) is 0 Å². The van der Waals surface area contributed by atoms with Crippen LogP contribution in [0.15, 0.2) is 36.4 Å². The number of nitrogens with zero attached hydrogens (tertiary/aromatic N) is 4. The van der Waals surface area contributed by atoms with Gasteiger partial charge in [-0.2, -0.15) is 4.52 Å². The van der Waals surface area contributed by atoms with Gasteiger partial charge in [-0.15, -0.1) is 15.3 Å². The van der Waals surface area contributed by atoms with Crippen molar-refractivity contribution in [1.29, 1.82) is 0 Å². The molecule has 0 saturated carbocycles. The molecule has 0 unspecified atom stereocenters. The number of carbonyl (C=O) groups is 2. The van der Waals surface area contributed by atoms with E-state index in [4.69, 9.17) is 16.3 Å². The number of ether oxygens (including phenoxy) is 2. The molecule has 3 rings (SSSR count). The van der Waals surface area contributed by atoms with Crippen molar-refractivity contribution in [3.8, 4) is 17.3 Å². The van der Waals surface area contributed by atoms with E-state index in [1.807, 2.05) is 18.2 Å². The number of amides is 1. The van der Waals surface area contributed by atoms with Gasteiger partial charge in [-0.05, 0) is 25.1 Å². The summed E-state index contributed by atoms with van der Waals surface area (Å²) >= 11 is 6.22. The van der Waals surface area contributed by atoms with Crippen LogP contribution >= 0.6 is 11.6 Å². The Morgan fingerprint density at radius 2 is 2.00 bits per heavy atom. The highest BCUT2D eigenvalue weighted by atomic mass is 35.5. The molecule has 0 atom stereocenters. The van der Waals surface area contributed by atoms with Crippen LogP contribution < -0.4 is 10.1 Å². The Morgan fingerprint density at radius 1 is 1.19 bits per heavy atom. The fourth-order valence-corrected chi connectivity index (χ4v) is 2.47. The first kappa shape index (κ1) is 18.6. The van der Waals surface area contributed by atoms with E-state index >= 15 is 0 Å². The second-order valence-electron chi connectivity index (χ2n) is 5.27. The number of rotatable bonds is 6. The fraction of sp³-hybridized carbons (Fsp3) is 0.235. The number of esters is 1. The SMILES string of the molecule is CCOC(=O)C(=O)NCCOc1ccc2nnc(-c3ccccc3Cl)n2n1. The van der Waals surface area contributed by atoms with E-state index in [2.05, 4.69) is 25.3 Å². The zero-order valence-corrected chi connectivity index (χ0v) is 15.1. The quantitative estimate of drug-likeness (QED) is 0.386. The zero-order chi connectivity index (χ0) is 19.2. The molecular weight excluding hydrogens is 374 g/mol. The van der Waals surface area contributed by atoms with Crippen molar-refractivity contribution in [3.63, 3.8) is 0 Å². The smallest absolute Gasteiger partial charge is 0.396 e. The minimum absolute atomic E-state index is 0.118. The van der Waals surface area contributed by atoms with E-state index in [-0.39, 0.29) is 19.8 Å². The summed E-state index contributed by atoms with van der Waals surface area (Å²) in [6, 6.07) is 10.6. The summed E-state index contributed by atoms with van der Waals surface area (Å²) in [7, 11) is 0. The number of hydrogen-bond acceptors (Lipinski definition) is 7. The summed E-state index contributed by atoms with van der Waals surface area (Å²) in [5.41, 5.74) is 1.23. The van der Waals surface area contributed by atoms with Crippen molar-refractivity contribution in [2.45, 2.75) is 6.92 Å². The van der Waals surface area contributed by atoms with Crippen molar-refractivity contribution in [2.24, 2.45) is 0 Å². The largest absolute Gasteiger partial charge is 0.475 e. The Bertz CT molecular complexity index is 975. The van der Waals surface area contributed by atoms with Crippen molar-refractivity contribution in [1.82, 2.24) is 25.1 Å². The monoisotopic (exact) mass is 389 g/mol. The van der Waals surface area contributed by atoms with Gasteiger partial charge < -0.3 is 14.8 Å². The lowest BCUT2D eigenvalue weighted by molar-refractivity contribution is -0.154. The molecule has 2 heterocycles. The molecule has 1 N–H and O–H groups in total. The molecule has 0 saturated heterocycles. The van der Waals surface area contributed by atoms with Crippen LogP contribution in [-0.2, 0) is 14.3 Å². The number of hydrogen-bond donors (Lipinski definition) is 1. The highest BCUT2D eigenvalue weighted by molar-refractivity contribution is 6.33. The predicted octanol–water partition coefficient (Wildman–Crippen LogP) is 1.50. The highest BCUT2D eigenvalue weighted by Gasteiger charge is 2.14. The molecule has 0 spiro atoms. The lowest BCUT2D eigenvalue weighted by Gasteiger charge is -2.07. The van der Waals surface area contributed by atoms with Crippen LogP contribution in [0.5, 0.6) is 5.88 Å². The first-order chi connectivity index (χ1) is 13.1. The van der Waals surface area contributed by atoms with Gasteiger partial charge in [0.05, 0.1) is 18.2 Å². The van der Waals surface area contributed by atoms with Crippen LogP contribution in [-0.4, -0.2) is 51.4 Å². The minimum atomic E-state index is -0.925. The van der Waals surface area contributed by atoms with Crippen molar-refractivity contribution in [3.05, 3.63) is 41.4 Å². The molecule has 0 radical (unpaired) electrons. The van der Waals surface area contributed by atoms with E-state index in [0.29, 0.717) is 27.9 Å². The van der Waals surface area contributed by atoms with Gasteiger partial charge in [-0.1, -0.05) is 23.7 Å². The van der Waals surface area contributed by atoms with Crippen LogP contribution in [0.2, 0.25) is 5.02 Å². The Labute approximate surface area is 159 Å². The van der Waals surface area contributed by atoms with Crippen LogP contribution in [0.4, 0.5) is 0 Å². The van der Waals surface area contributed by atoms with Crippen molar-refractivity contribution >= 4 is 29.1 Å². The Balaban J connectivity index is 1.67. The van der Waals surface area contributed by atoms with E-state index in [0.717, 1.165) is 0 Å². The van der Waals surface area contributed by atoms with Gasteiger partial charge in [0.15, 0.2) is 11.5 Å². The molecule has 1 amide bonds. The first-order valence-corrected chi connectivity index (χ1v) is 8.53. The number of nitrogens with one attached hydrogen (secondary N) is 1. The molecule has 2 aromatic heterocycles. The van der Waals surface area contributed by atoms with Crippen molar-refractivity contribution in [2.75, 3.05) is 19.8 Å². The van der Waals surface area contributed by atoms with Crippen LogP contribution in [0, 0.1) is 0 Å². The van der Waals surface area contributed by atoms with Gasteiger partial charge in [0, 0.05) is 11.6 Å². The highest BCUT2D eigenvalue weighted by Crippen LogP contribution is 2.26. The van der Waals surface area contributed by atoms with Gasteiger partial charge >= 0.3 is 11.9 Å². The number of aromatic nitrogens is 4. The average molecular weight is 390 g/mol. The Hall–Kier alpha value is -3.20. The molecule has 0 bridgehead atoms. The molecule has 3 aromatic rings. The van der Waals surface area contributed by atoms with E-state index in [1.165, 1.54) is 4.52 Å². The Kier molecular flexibility index (Phi) is 5.82. The second-order valence-corrected chi connectivity index (χ2v) is 5.68. The van der Waals surface area contributed by atoms with Gasteiger partial charge in [0.2, 0.25) is 5.88 Å². The first-order valence-electron chi connectivity index (χ1n) is 8.15. The maximum atomic E-state index is 11.4. The predicted molar refractivity (Wildman–Crippen MR) is 96.4 cm³/mol. The third-order valence-electron chi connectivity index (χ3n) is 3.45. The van der Waals surface area contributed by atoms with E-state index < -0.39 is 11.9 Å². The van der Waals surface area contributed by atoms with E-state index in [1.54, 1.807) is 25.1 Å². The second kappa shape index (κ2) is 8.45. The summed E-state index contributed by atoms with van der Waals surface area (Å²) < 4.78 is 11.6. The van der Waals surface area contributed by atoms with Crippen LogP contribution in [0.3, 0.4) is 0 Å². The number of benzene rings is 1. The molecular formula is C17H16ClN5O4. The third kappa shape index (κ3) is 4.32. The topological polar surface area (TPSA) is 108 Å². The molecule has 27 heavy (non-hydrogen) atoms.